The maximum Gasteiger partial charge on any atom is 0.252 e. The number of aryl methyl sites for hydroxylation is 1. The monoisotopic (exact) mass is 448 g/mol. The summed E-state index contributed by atoms with van der Waals surface area (Å²) in [6.45, 7) is 13.5. The van der Waals surface area contributed by atoms with Gasteiger partial charge in [0.05, 0.1) is 24.4 Å². The maximum absolute atomic E-state index is 13.0. The van der Waals surface area contributed by atoms with Crippen LogP contribution in [0.2, 0.25) is 0 Å². The molecule has 174 valence electrons. The van der Waals surface area contributed by atoms with E-state index in [0.717, 1.165) is 28.1 Å². The molecule has 8 nitrogen and oxygen atoms in total. The van der Waals surface area contributed by atoms with E-state index in [2.05, 4.69) is 66.1 Å². The third kappa shape index (κ3) is 4.90. The number of pyridine rings is 1. The van der Waals surface area contributed by atoms with Crippen molar-refractivity contribution < 1.29 is 4.42 Å². The molecular weight excluding hydrogens is 416 g/mol. The van der Waals surface area contributed by atoms with Crippen LogP contribution in [0.5, 0.6) is 0 Å². The lowest BCUT2D eigenvalue weighted by atomic mass is 9.98. The Labute approximate surface area is 193 Å². The van der Waals surface area contributed by atoms with Gasteiger partial charge in [-0.1, -0.05) is 26.0 Å². The van der Waals surface area contributed by atoms with E-state index < -0.39 is 0 Å². The molecule has 1 aromatic carbocycles. The first-order chi connectivity index (χ1) is 15.6. The van der Waals surface area contributed by atoms with Crippen LogP contribution in [0.25, 0.3) is 10.9 Å². The molecule has 0 fully saturated rings. The molecule has 3 aromatic heterocycles. The van der Waals surface area contributed by atoms with Gasteiger partial charge in [0.2, 0.25) is 0 Å². The molecule has 0 aliphatic rings. The average Bonchev–Trinajstić information content (AvgIpc) is 3.40. The van der Waals surface area contributed by atoms with Crippen molar-refractivity contribution in [1.29, 1.82) is 0 Å². The largest absolute Gasteiger partial charge is 0.468 e. The van der Waals surface area contributed by atoms with Gasteiger partial charge < -0.3 is 9.40 Å². The number of nitrogens with one attached hydrogen (secondary N) is 1. The molecule has 4 rings (SSSR count). The van der Waals surface area contributed by atoms with Gasteiger partial charge in [0, 0.05) is 17.6 Å². The predicted octanol–water partition coefficient (Wildman–Crippen LogP) is 4.57. The lowest BCUT2D eigenvalue weighted by Crippen LogP contribution is -2.37. The Kier molecular flexibility index (Phi) is 6.21. The molecule has 1 N–H and O–H groups in total. The number of nitrogens with zero attached hydrogens (tertiary/aromatic N) is 5. The number of benzene rings is 1. The number of fused-ring (bicyclic) bond motifs is 1. The molecule has 8 heteroatoms. The first kappa shape index (κ1) is 22.9. The van der Waals surface area contributed by atoms with E-state index >= 15 is 0 Å². The first-order valence-electron chi connectivity index (χ1n) is 11.3. The van der Waals surface area contributed by atoms with Crippen molar-refractivity contribution in [3.05, 3.63) is 75.7 Å². The second-order valence-corrected chi connectivity index (χ2v) is 10.0. The van der Waals surface area contributed by atoms with Gasteiger partial charge in [-0.25, -0.2) is 4.68 Å². The molecule has 0 spiro atoms. The highest BCUT2D eigenvalue weighted by molar-refractivity contribution is 5.79. The second-order valence-electron chi connectivity index (χ2n) is 10.0. The molecular formula is C25H32N6O2. The van der Waals surface area contributed by atoms with Gasteiger partial charge in [-0.15, -0.1) is 5.10 Å². The summed E-state index contributed by atoms with van der Waals surface area (Å²) in [7, 11) is 0. The number of H-pyrrole nitrogens is 1. The first-order valence-corrected chi connectivity index (χ1v) is 11.3. The Hall–Kier alpha value is -3.26. The van der Waals surface area contributed by atoms with Gasteiger partial charge in [0.15, 0.2) is 5.82 Å². The van der Waals surface area contributed by atoms with Crippen molar-refractivity contribution in [3.8, 4) is 0 Å². The Balaban J connectivity index is 1.79. The van der Waals surface area contributed by atoms with Crippen LogP contribution < -0.4 is 5.56 Å². The molecule has 0 bridgehead atoms. The molecule has 0 aliphatic heterocycles. The third-order valence-electron chi connectivity index (χ3n) is 5.81. The van der Waals surface area contributed by atoms with Gasteiger partial charge in [-0.05, 0) is 79.3 Å². The normalized spacial score (nSPS) is 13.3. The quantitative estimate of drug-likeness (QED) is 0.445. The zero-order chi connectivity index (χ0) is 23.8. The van der Waals surface area contributed by atoms with E-state index in [1.54, 1.807) is 6.26 Å². The SMILES string of the molecule is Cc1ccc2cc(CN(Cc3ccco3)[C@@H](c3nnnn3C(C)(C)C)C(C)C)c(=O)[nH]c2c1. The molecule has 4 aromatic rings. The van der Waals surface area contributed by atoms with Crippen LogP contribution in [0.1, 0.15) is 63.4 Å². The van der Waals surface area contributed by atoms with Crippen molar-refractivity contribution in [1.82, 2.24) is 30.1 Å². The minimum atomic E-state index is -0.277. The zero-order valence-corrected chi connectivity index (χ0v) is 20.2. The smallest absolute Gasteiger partial charge is 0.252 e. The van der Waals surface area contributed by atoms with E-state index in [4.69, 9.17) is 4.42 Å². The van der Waals surface area contributed by atoms with Gasteiger partial charge in [-0.2, -0.15) is 0 Å². The number of rotatable bonds is 7. The molecule has 3 heterocycles. The lowest BCUT2D eigenvalue weighted by molar-refractivity contribution is 0.111. The van der Waals surface area contributed by atoms with Crippen LogP contribution in [-0.4, -0.2) is 30.1 Å². The number of furan rings is 1. The summed E-state index contributed by atoms with van der Waals surface area (Å²) >= 11 is 0. The molecule has 0 radical (unpaired) electrons. The molecule has 0 amide bonds. The maximum atomic E-state index is 13.0. The highest BCUT2D eigenvalue weighted by Gasteiger charge is 2.33. The van der Waals surface area contributed by atoms with E-state index in [0.29, 0.717) is 18.7 Å². The van der Waals surface area contributed by atoms with E-state index in [1.807, 2.05) is 41.9 Å². The van der Waals surface area contributed by atoms with Crippen molar-refractivity contribution in [3.63, 3.8) is 0 Å². The van der Waals surface area contributed by atoms with Crippen LogP contribution in [-0.2, 0) is 18.6 Å². The number of hydrogen-bond donors (Lipinski definition) is 1. The van der Waals surface area contributed by atoms with Gasteiger partial charge in [0.1, 0.15) is 5.76 Å². The fourth-order valence-electron chi connectivity index (χ4n) is 4.29. The fourth-order valence-corrected chi connectivity index (χ4v) is 4.29. The van der Waals surface area contributed by atoms with Gasteiger partial charge in [-0.3, -0.25) is 9.69 Å². The minimum absolute atomic E-state index is 0.0875. The molecule has 0 unspecified atom stereocenters. The van der Waals surface area contributed by atoms with E-state index in [9.17, 15) is 4.79 Å². The summed E-state index contributed by atoms with van der Waals surface area (Å²) in [4.78, 5) is 18.3. The highest BCUT2D eigenvalue weighted by atomic mass is 16.3. The summed E-state index contributed by atoms with van der Waals surface area (Å²) < 4.78 is 7.55. The average molecular weight is 449 g/mol. The Morgan fingerprint density at radius 1 is 1.15 bits per heavy atom. The van der Waals surface area contributed by atoms with Crippen molar-refractivity contribution in [2.75, 3.05) is 0 Å². The van der Waals surface area contributed by atoms with Crippen LogP contribution in [0.15, 0.2) is 51.9 Å². The summed E-state index contributed by atoms with van der Waals surface area (Å²) in [5, 5.41) is 13.7. The van der Waals surface area contributed by atoms with Gasteiger partial charge in [0.25, 0.3) is 5.56 Å². The Bertz CT molecular complexity index is 1280. The minimum Gasteiger partial charge on any atom is -0.468 e. The summed E-state index contributed by atoms with van der Waals surface area (Å²) in [5.74, 6) is 1.79. The Morgan fingerprint density at radius 2 is 1.94 bits per heavy atom. The van der Waals surface area contributed by atoms with Crippen molar-refractivity contribution in [2.24, 2.45) is 5.92 Å². The molecule has 0 aliphatic carbocycles. The zero-order valence-electron chi connectivity index (χ0n) is 20.2. The summed E-state index contributed by atoms with van der Waals surface area (Å²) in [6, 6.07) is 11.8. The molecule has 33 heavy (non-hydrogen) atoms. The Morgan fingerprint density at radius 3 is 2.61 bits per heavy atom. The number of aromatic amines is 1. The van der Waals surface area contributed by atoms with Crippen LogP contribution in [0.4, 0.5) is 0 Å². The van der Waals surface area contributed by atoms with Gasteiger partial charge >= 0.3 is 0 Å². The van der Waals surface area contributed by atoms with Crippen LogP contribution in [0, 0.1) is 12.8 Å². The van der Waals surface area contributed by atoms with E-state index in [1.165, 1.54) is 0 Å². The third-order valence-corrected chi connectivity index (χ3v) is 5.81. The standard InChI is InChI=1S/C25H32N6O2/c1-16(2)22(23-27-28-29-31(23)25(4,5)6)30(15-20-8-7-11-33-20)14-19-13-18-10-9-17(3)12-21(18)26-24(19)32/h7-13,16,22H,14-15H2,1-6H3,(H,26,32)/t22-/m1/s1. The number of hydrogen-bond acceptors (Lipinski definition) is 6. The fraction of sp³-hybridized carbons (Fsp3) is 0.440. The number of aromatic nitrogens is 5. The number of tetrazole rings is 1. The predicted molar refractivity (Wildman–Crippen MR) is 128 cm³/mol. The second kappa shape index (κ2) is 8.94. The van der Waals surface area contributed by atoms with Crippen molar-refractivity contribution in [2.45, 2.75) is 66.2 Å². The molecule has 1 atom stereocenters. The summed E-state index contributed by atoms with van der Waals surface area (Å²) in [6.07, 6.45) is 1.67. The lowest BCUT2D eigenvalue weighted by Gasteiger charge is -2.34. The van der Waals surface area contributed by atoms with Crippen LogP contribution >= 0.6 is 0 Å². The summed E-state index contributed by atoms with van der Waals surface area (Å²) in [5.41, 5.74) is 2.28. The van der Waals surface area contributed by atoms with Crippen molar-refractivity contribution >= 4 is 10.9 Å². The van der Waals surface area contributed by atoms with Crippen LogP contribution in [0.3, 0.4) is 0 Å². The molecule has 0 saturated carbocycles. The highest BCUT2D eigenvalue weighted by Crippen LogP contribution is 2.32. The topological polar surface area (TPSA) is 92.8 Å². The van der Waals surface area contributed by atoms with E-state index in [-0.39, 0.29) is 23.1 Å². The molecule has 0 saturated heterocycles.